The lowest BCUT2D eigenvalue weighted by Crippen LogP contribution is -2.32. The van der Waals surface area contributed by atoms with Crippen LogP contribution in [0.2, 0.25) is 0 Å². The molecule has 2 aromatic rings. The largest absolute Gasteiger partial charge is 0.383 e. The minimum atomic E-state index is -0.203. The summed E-state index contributed by atoms with van der Waals surface area (Å²) in [6.45, 7) is 5.52. The van der Waals surface area contributed by atoms with Gasteiger partial charge < -0.3 is 20.3 Å². The molecule has 6 nitrogen and oxygen atoms in total. The number of aromatic nitrogens is 1. The van der Waals surface area contributed by atoms with E-state index in [1.165, 1.54) is 18.5 Å². The van der Waals surface area contributed by atoms with E-state index in [1.807, 2.05) is 6.07 Å². The molecule has 0 atom stereocenters. The molecule has 2 heterocycles. The Hall–Kier alpha value is -2.60. The Morgan fingerprint density at radius 1 is 1.19 bits per heavy atom. The van der Waals surface area contributed by atoms with E-state index < -0.39 is 0 Å². The Morgan fingerprint density at radius 2 is 1.93 bits per heavy atom. The van der Waals surface area contributed by atoms with Crippen LogP contribution in [0.4, 0.5) is 17.1 Å². The van der Waals surface area contributed by atoms with Crippen molar-refractivity contribution in [3.63, 3.8) is 0 Å². The van der Waals surface area contributed by atoms with E-state index in [0.29, 0.717) is 18.8 Å². The van der Waals surface area contributed by atoms with Crippen LogP contribution in [-0.2, 0) is 4.74 Å². The Bertz CT molecular complexity index is 740. The lowest BCUT2D eigenvalue weighted by Gasteiger charge is -2.32. The van der Waals surface area contributed by atoms with Crippen LogP contribution in [0.5, 0.6) is 0 Å². The molecule has 1 saturated heterocycles. The minimum absolute atomic E-state index is 0.203. The summed E-state index contributed by atoms with van der Waals surface area (Å²) in [5.41, 5.74) is 3.47. The maximum atomic E-state index is 12.1. The predicted molar refractivity (Wildman–Crippen MR) is 109 cm³/mol. The highest BCUT2D eigenvalue weighted by molar-refractivity contribution is 5.93. The Labute approximate surface area is 160 Å². The first kappa shape index (κ1) is 19.2. The zero-order chi connectivity index (χ0) is 19.1. The molecule has 0 aliphatic carbocycles. The van der Waals surface area contributed by atoms with Gasteiger partial charge >= 0.3 is 0 Å². The number of hydrogen-bond donors (Lipinski definition) is 2. The van der Waals surface area contributed by atoms with Gasteiger partial charge in [-0.15, -0.1) is 0 Å². The molecular formula is C21H28N4O2. The topological polar surface area (TPSA) is 66.5 Å². The normalized spacial score (nSPS) is 14.8. The number of benzene rings is 1. The van der Waals surface area contributed by atoms with Crippen LogP contribution in [0.25, 0.3) is 0 Å². The highest BCUT2D eigenvalue weighted by atomic mass is 16.5. The molecule has 0 saturated carbocycles. The van der Waals surface area contributed by atoms with Crippen molar-refractivity contribution in [2.45, 2.75) is 19.8 Å². The molecule has 1 amide bonds. The van der Waals surface area contributed by atoms with Crippen LogP contribution >= 0.6 is 0 Å². The summed E-state index contributed by atoms with van der Waals surface area (Å²) >= 11 is 0. The molecule has 2 N–H and O–H groups in total. The zero-order valence-electron chi connectivity index (χ0n) is 16.1. The molecular weight excluding hydrogens is 340 g/mol. The fourth-order valence-corrected chi connectivity index (χ4v) is 3.18. The van der Waals surface area contributed by atoms with Gasteiger partial charge in [-0.1, -0.05) is 6.92 Å². The lowest BCUT2D eigenvalue weighted by atomic mass is 9.99. The first-order chi connectivity index (χ1) is 13.2. The van der Waals surface area contributed by atoms with Gasteiger partial charge in [0.25, 0.3) is 5.91 Å². The van der Waals surface area contributed by atoms with Crippen molar-refractivity contribution in [2.75, 3.05) is 43.6 Å². The SMILES string of the molecule is COCCNC(=O)c1cc(Nc2ccc(N3CCC(C)CC3)cc2)ccn1. The number of carbonyl (C=O) groups excluding carboxylic acids is 1. The van der Waals surface area contributed by atoms with E-state index in [1.54, 1.807) is 19.4 Å². The highest BCUT2D eigenvalue weighted by Crippen LogP contribution is 2.25. The summed E-state index contributed by atoms with van der Waals surface area (Å²) in [6.07, 6.45) is 4.15. The third kappa shape index (κ3) is 5.44. The third-order valence-electron chi connectivity index (χ3n) is 4.89. The number of nitrogens with one attached hydrogen (secondary N) is 2. The van der Waals surface area contributed by atoms with Gasteiger partial charge in [0.2, 0.25) is 0 Å². The second-order valence-electron chi connectivity index (χ2n) is 7.02. The number of anilines is 3. The summed E-state index contributed by atoms with van der Waals surface area (Å²) in [4.78, 5) is 18.7. The fourth-order valence-electron chi connectivity index (χ4n) is 3.18. The van der Waals surface area contributed by atoms with Crippen molar-refractivity contribution in [3.05, 3.63) is 48.3 Å². The van der Waals surface area contributed by atoms with Crippen molar-refractivity contribution in [3.8, 4) is 0 Å². The van der Waals surface area contributed by atoms with E-state index in [4.69, 9.17) is 4.74 Å². The van der Waals surface area contributed by atoms with Gasteiger partial charge in [0.05, 0.1) is 6.61 Å². The van der Waals surface area contributed by atoms with Crippen LogP contribution in [0.3, 0.4) is 0 Å². The number of methoxy groups -OCH3 is 1. The monoisotopic (exact) mass is 368 g/mol. The number of piperidine rings is 1. The molecule has 1 aromatic heterocycles. The van der Waals surface area contributed by atoms with E-state index in [0.717, 1.165) is 30.4 Å². The molecule has 1 aromatic carbocycles. The van der Waals surface area contributed by atoms with Gasteiger partial charge in [-0.25, -0.2) is 0 Å². The lowest BCUT2D eigenvalue weighted by molar-refractivity contribution is 0.0932. The van der Waals surface area contributed by atoms with Crippen LogP contribution < -0.4 is 15.5 Å². The Balaban J connectivity index is 1.60. The third-order valence-corrected chi connectivity index (χ3v) is 4.89. The standard InChI is InChI=1S/C21H28N4O2/c1-16-8-12-25(13-9-16)19-5-3-17(4-6-19)24-18-7-10-22-20(15-18)21(26)23-11-14-27-2/h3-7,10,15-16H,8-9,11-14H2,1-2H3,(H,22,24)(H,23,26). The smallest absolute Gasteiger partial charge is 0.270 e. The molecule has 144 valence electrons. The molecule has 1 aliphatic heterocycles. The van der Waals surface area contributed by atoms with Gasteiger partial charge in [0.15, 0.2) is 0 Å². The number of carbonyl (C=O) groups is 1. The average molecular weight is 368 g/mol. The van der Waals surface area contributed by atoms with Crippen LogP contribution in [0.15, 0.2) is 42.6 Å². The second kappa shape index (κ2) is 9.37. The number of amides is 1. The Morgan fingerprint density at radius 3 is 2.63 bits per heavy atom. The van der Waals surface area contributed by atoms with Crippen molar-refractivity contribution in [1.82, 2.24) is 10.3 Å². The molecule has 3 rings (SSSR count). The van der Waals surface area contributed by atoms with Crippen molar-refractivity contribution in [2.24, 2.45) is 5.92 Å². The molecule has 1 aliphatic rings. The minimum Gasteiger partial charge on any atom is -0.383 e. The predicted octanol–water partition coefficient (Wildman–Crippen LogP) is 3.44. The molecule has 27 heavy (non-hydrogen) atoms. The average Bonchev–Trinajstić information content (AvgIpc) is 2.70. The number of nitrogens with zero attached hydrogens (tertiary/aromatic N) is 2. The summed E-state index contributed by atoms with van der Waals surface area (Å²) in [6, 6.07) is 12.1. The molecule has 0 bridgehead atoms. The first-order valence-corrected chi connectivity index (χ1v) is 9.51. The molecule has 0 radical (unpaired) electrons. The van der Waals surface area contributed by atoms with Crippen molar-refractivity contribution in [1.29, 1.82) is 0 Å². The Kier molecular flexibility index (Phi) is 6.65. The molecule has 0 unspecified atom stereocenters. The van der Waals surface area contributed by atoms with E-state index in [9.17, 15) is 4.79 Å². The van der Waals surface area contributed by atoms with Crippen molar-refractivity contribution >= 4 is 23.0 Å². The van der Waals surface area contributed by atoms with Gasteiger partial charge in [0.1, 0.15) is 5.69 Å². The number of pyridine rings is 1. The number of rotatable bonds is 7. The van der Waals surface area contributed by atoms with Gasteiger partial charge in [-0.2, -0.15) is 0 Å². The van der Waals surface area contributed by atoms with Gasteiger partial charge in [0, 0.05) is 50.0 Å². The summed E-state index contributed by atoms with van der Waals surface area (Å²) in [5.74, 6) is 0.625. The van der Waals surface area contributed by atoms with E-state index >= 15 is 0 Å². The summed E-state index contributed by atoms with van der Waals surface area (Å²) in [7, 11) is 1.60. The number of hydrogen-bond acceptors (Lipinski definition) is 5. The van der Waals surface area contributed by atoms with Gasteiger partial charge in [-0.05, 0) is 55.2 Å². The zero-order valence-corrected chi connectivity index (χ0v) is 16.1. The van der Waals surface area contributed by atoms with Gasteiger partial charge in [-0.3, -0.25) is 9.78 Å². The quantitative estimate of drug-likeness (QED) is 0.733. The summed E-state index contributed by atoms with van der Waals surface area (Å²) < 4.78 is 4.94. The number of ether oxygens (including phenoxy) is 1. The van der Waals surface area contributed by atoms with Crippen LogP contribution in [-0.4, -0.2) is 44.2 Å². The van der Waals surface area contributed by atoms with Crippen LogP contribution in [0, 0.1) is 5.92 Å². The maximum absolute atomic E-state index is 12.1. The molecule has 1 fully saturated rings. The first-order valence-electron chi connectivity index (χ1n) is 9.51. The second-order valence-corrected chi connectivity index (χ2v) is 7.02. The summed E-state index contributed by atoms with van der Waals surface area (Å²) in [5, 5.41) is 6.12. The molecule has 0 spiro atoms. The van der Waals surface area contributed by atoms with Crippen LogP contribution in [0.1, 0.15) is 30.3 Å². The highest BCUT2D eigenvalue weighted by Gasteiger charge is 2.15. The van der Waals surface area contributed by atoms with E-state index in [2.05, 4.69) is 51.7 Å². The van der Waals surface area contributed by atoms with E-state index in [-0.39, 0.29) is 5.91 Å². The fraction of sp³-hybridized carbons (Fsp3) is 0.429. The molecule has 6 heteroatoms. The maximum Gasteiger partial charge on any atom is 0.270 e. The van der Waals surface area contributed by atoms with Crippen molar-refractivity contribution < 1.29 is 9.53 Å².